The van der Waals surface area contributed by atoms with Crippen molar-refractivity contribution in [1.82, 2.24) is 10.2 Å². The molecular weight excluding hydrogens is 536 g/mol. The molecule has 0 radical (unpaired) electrons. The number of esters is 1. The van der Waals surface area contributed by atoms with Crippen LogP contribution in [0.3, 0.4) is 0 Å². The number of nitrogens with one attached hydrogen (secondary N) is 1. The number of carbonyl (C=O) groups excluding carboxylic acids is 2. The highest BCUT2D eigenvalue weighted by molar-refractivity contribution is 5.98. The molecule has 0 fully saturated rings. The monoisotopic (exact) mass is 579 g/mol. The Kier molecular flexibility index (Phi) is 11.8. The van der Waals surface area contributed by atoms with Crippen molar-refractivity contribution in [3.8, 4) is 0 Å². The van der Waals surface area contributed by atoms with Crippen molar-refractivity contribution in [3.63, 3.8) is 0 Å². The van der Waals surface area contributed by atoms with Gasteiger partial charge < -0.3 is 20.7 Å². The molecule has 0 aliphatic carbocycles. The lowest BCUT2D eigenvalue weighted by Gasteiger charge is -2.31. The summed E-state index contributed by atoms with van der Waals surface area (Å²) in [6.45, 7) is 12.4. The van der Waals surface area contributed by atoms with E-state index in [-0.39, 0.29) is 36.5 Å². The molecule has 0 spiro atoms. The minimum Gasteiger partial charge on any atom is -0.456 e. The Morgan fingerprint density at radius 3 is 2.12 bits per heavy atom. The van der Waals surface area contributed by atoms with Crippen LogP contribution in [0, 0.1) is 18.6 Å². The first-order valence-corrected chi connectivity index (χ1v) is 14.5. The molecule has 1 amide bonds. The van der Waals surface area contributed by atoms with Crippen molar-refractivity contribution in [2.75, 3.05) is 6.54 Å². The number of benzene rings is 3. The van der Waals surface area contributed by atoms with E-state index in [1.54, 1.807) is 23.1 Å². The largest absolute Gasteiger partial charge is 0.456 e. The van der Waals surface area contributed by atoms with E-state index in [4.69, 9.17) is 10.5 Å². The fraction of sp³-hybridized carbons (Fsp3) is 0.412. The van der Waals surface area contributed by atoms with Crippen LogP contribution in [0.4, 0.5) is 8.78 Å². The van der Waals surface area contributed by atoms with Gasteiger partial charge in [-0.25, -0.2) is 13.6 Å². The SMILES string of the molecule is CCc1cccc(CNC[C@@H](OC(=O)c2cc(C)cc(C(=O)N(C(C)C)C(C)C)c2)[C@@H](N)Cc2cc(F)cc(F)c2)c1. The molecule has 3 aromatic rings. The Morgan fingerprint density at radius 1 is 0.881 bits per heavy atom. The predicted molar refractivity (Wildman–Crippen MR) is 162 cm³/mol. The summed E-state index contributed by atoms with van der Waals surface area (Å²) in [5.41, 5.74) is 10.5. The molecule has 3 rings (SSSR count). The van der Waals surface area contributed by atoms with Crippen LogP contribution < -0.4 is 11.1 Å². The number of halogens is 2. The standard InChI is InChI=1S/C34H43F2N3O3/c1-7-24-9-8-10-25(13-24)19-38-20-32(31(37)16-26-14-29(35)18-30(36)15-26)42-34(41)28-12-23(6)11-27(17-28)33(40)39(21(2)3)22(4)5/h8-15,17-18,21-22,31-32,38H,7,16,19-20,37H2,1-6H3/t31-,32+/m0/s1. The second-order valence-corrected chi connectivity index (χ2v) is 11.4. The number of rotatable bonds is 13. The van der Waals surface area contributed by atoms with Gasteiger partial charge in [-0.3, -0.25) is 4.79 Å². The molecule has 3 N–H and O–H groups in total. The molecule has 42 heavy (non-hydrogen) atoms. The van der Waals surface area contributed by atoms with Crippen LogP contribution in [-0.2, 0) is 24.1 Å². The van der Waals surface area contributed by atoms with Crippen molar-refractivity contribution in [2.45, 2.75) is 85.2 Å². The molecule has 2 atom stereocenters. The molecule has 3 aromatic carbocycles. The van der Waals surface area contributed by atoms with Gasteiger partial charge in [0.05, 0.1) is 5.56 Å². The number of nitrogens with two attached hydrogens (primary N) is 1. The summed E-state index contributed by atoms with van der Waals surface area (Å²) in [7, 11) is 0. The van der Waals surface area contributed by atoms with E-state index in [1.165, 1.54) is 17.7 Å². The van der Waals surface area contributed by atoms with Crippen LogP contribution in [0.1, 0.15) is 77.6 Å². The smallest absolute Gasteiger partial charge is 0.338 e. The van der Waals surface area contributed by atoms with Gasteiger partial charge in [0.1, 0.15) is 17.7 Å². The quantitative estimate of drug-likeness (QED) is 0.244. The van der Waals surface area contributed by atoms with Gasteiger partial charge in [-0.15, -0.1) is 0 Å². The Bertz CT molecular complexity index is 1350. The highest BCUT2D eigenvalue weighted by atomic mass is 19.1. The Hall–Kier alpha value is -3.62. The van der Waals surface area contributed by atoms with Gasteiger partial charge in [0.25, 0.3) is 5.91 Å². The van der Waals surface area contributed by atoms with Gasteiger partial charge >= 0.3 is 5.97 Å². The zero-order valence-electron chi connectivity index (χ0n) is 25.4. The maximum Gasteiger partial charge on any atom is 0.338 e. The van der Waals surface area contributed by atoms with E-state index in [0.29, 0.717) is 17.7 Å². The second kappa shape index (κ2) is 15.0. The molecule has 0 aliphatic heterocycles. The number of ether oxygens (including phenoxy) is 1. The van der Waals surface area contributed by atoms with Gasteiger partial charge in [-0.2, -0.15) is 0 Å². The first-order valence-electron chi connectivity index (χ1n) is 14.5. The van der Waals surface area contributed by atoms with E-state index in [2.05, 4.69) is 24.4 Å². The lowest BCUT2D eigenvalue weighted by atomic mass is 10.0. The maximum atomic E-state index is 13.9. The number of carbonyl (C=O) groups is 2. The summed E-state index contributed by atoms with van der Waals surface area (Å²) in [5.74, 6) is -2.20. The molecule has 0 bridgehead atoms. The fourth-order valence-corrected chi connectivity index (χ4v) is 5.18. The van der Waals surface area contributed by atoms with Crippen molar-refractivity contribution < 1.29 is 23.1 Å². The summed E-state index contributed by atoms with van der Waals surface area (Å²) in [6.07, 6.45) is 0.186. The van der Waals surface area contributed by atoms with Crippen molar-refractivity contribution in [3.05, 3.63) is 106 Å². The van der Waals surface area contributed by atoms with Crippen molar-refractivity contribution >= 4 is 11.9 Å². The molecular formula is C34H43F2N3O3. The number of aryl methyl sites for hydroxylation is 2. The summed E-state index contributed by atoms with van der Waals surface area (Å²) in [6, 6.07) is 15.6. The third-order valence-corrected chi connectivity index (χ3v) is 7.11. The summed E-state index contributed by atoms with van der Waals surface area (Å²) >= 11 is 0. The number of hydrogen-bond donors (Lipinski definition) is 2. The Morgan fingerprint density at radius 2 is 1.50 bits per heavy atom. The number of amides is 1. The number of nitrogens with zero attached hydrogens (tertiary/aromatic N) is 1. The van der Waals surface area contributed by atoms with Gasteiger partial charge in [-0.05, 0) is 100 Å². The summed E-state index contributed by atoms with van der Waals surface area (Å²) < 4.78 is 33.6. The van der Waals surface area contributed by atoms with Crippen LogP contribution in [0.25, 0.3) is 0 Å². The fourth-order valence-electron chi connectivity index (χ4n) is 5.18. The van der Waals surface area contributed by atoms with Gasteiger partial charge in [-0.1, -0.05) is 31.2 Å². The Balaban J connectivity index is 1.83. The van der Waals surface area contributed by atoms with Crippen LogP contribution in [0.5, 0.6) is 0 Å². The minimum atomic E-state index is -0.819. The lowest BCUT2D eigenvalue weighted by Crippen LogP contribution is -2.46. The summed E-state index contributed by atoms with van der Waals surface area (Å²) in [4.78, 5) is 28.6. The number of hydrogen-bond acceptors (Lipinski definition) is 5. The molecule has 8 heteroatoms. The van der Waals surface area contributed by atoms with Crippen molar-refractivity contribution in [2.24, 2.45) is 5.73 Å². The zero-order valence-corrected chi connectivity index (χ0v) is 25.4. The van der Waals surface area contributed by atoms with Gasteiger partial charge in [0.15, 0.2) is 0 Å². The average molecular weight is 580 g/mol. The third-order valence-electron chi connectivity index (χ3n) is 7.11. The topological polar surface area (TPSA) is 84.7 Å². The summed E-state index contributed by atoms with van der Waals surface area (Å²) in [5, 5.41) is 3.31. The lowest BCUT2D eigenvalue weighted by molar-refractivity contribution is 0.0238. The molecule has 0 unspecified atom stereocenters. The van der Waals surface area contributed by atoms with Crippen LogP contribution >= 0.6 is 0 Å². The predicted octanol–water partition coefficient (Wildman–Crippen LogP) is 5.98. The zero-order chi connectivity index (χ0) is 31.0. The van der Waals surface area contributed by atoms with E-state index >= 15 is 0 Å². The molecule has 0 aliphatic rings. The third kappa shape index (κ3) is 9.19. The van der Waals surface area contributed by atoms with E-state index < -0.39 is 29.7 Å². The molecule has 0 saturated heterocycles. The molecule has 6 nitrogen and oxygen atoms in total. The van der Waals surface area contributed by atoms with Crippen LogP contribution in [-0.4, -0.2) is 47.6 Å². The molecule has 0 heterocycles. The highest BCUT2D eigenvalue weighted by Crippen LogP contribution is 2.19. The van der Waals surface area contributed by atoms with Crippen LogP contribution in [0.15, 0.2) is 60.7 Å². The molecule has 0 aromatic heterocycles. The van der Waals surface area contributed by atoms with E-state index in [1.807, 2.05) is 46.8 Å². The maximum absolute atomic E-state index is 13.9. The highest BCUT2D eigenvalue weighted by Gasteiger charge is 2.26. The molecule has 226 valence electrons. The van der Waals surface area contributed by atoms with Gasteiger partial charge in [0, 0.05) is 42.8 Å². The second-order valence-electron chi connectivity index (χ2n) is 11.4. The Labute approximate surface area is 248 Å². The van der Waals surface area contributed by atoms with E-state index in [9.17, 15) is 18.4 Å². The van der Waals surface area contributed by atoms with Gasteiger partial charge in [0.2, 0.25) is 0 Å². The van der Waals surface area contributed by atoms with E-state index in [0.717, 1.165) is 23.6 Å². The molecule has 0 saturated carbocycles. The normalized spacial score (nSPS) is 12.8. The minimum absolute atomic E-state index is 0.0208. The average Bonchev–Trinajstić information content (AvgIpc) is 2.91. The van der Waals surface area contributed by atoms with Crippen molar-refractivity contribution in [1.29, 1.82) is 0 Å². The first kappa shape index (κ1) is 32.9. The first-order chi connectivity index (χ1) is 19.9. The van der Waals surface area contributed by atoms with Crippen LogP contribution in [0.2, 0.25) is 0 Å².